The molecular weight excluding hydrogens is 607 g/mol. The molecule has 0 bridgehead atoms. The molecule has 0 fully saturated rings. The number of hydrogen-bond acceptors (Lipinski definition) is 2. The van der Waals surface area contributed by atoms with Crippen LogP contribution < -0.4 is 4.90 Å². The van der Waals surface area contributed by atoms with Gasteiger partial charge in [-0.25, -0.2) is 0 Å². The molecule has 0 radical (unpaired) electrons. The third-order valence-corrected chi connectivity index (χ3v) is 9.48. The van der Waals surface area contributed by atoms with Gasteiger partial charge in [-0.3, -0.25) is 0 Å². The number of fused-ring (bicyclic) bond motifs is 2. The van der Waals surface area contributed by atoms with E-state index in [1.807, 2.05) is 12.1 Å². The first-order valence-corrected chi connectivity index (χ1v) is 17.0. The molecule has 50 heavy (non-hydrogen) atoms. The van der Waals surface area contributed by atoms with Gasteiger partial charge < -0.3 is 9.32 Å². The van der Waals surface area contributed by atoms with E-state index in [0.717, 1.165) is 61.6 Å². The number of para-hydroxylation sites is 1. The molecular formula is C48H33NO. The molecule has 0 saturated heterocycles. The van der Waals surface area contributed by atoms with Crippen LogP contribution in [0.1, 0.15) is 0 Å². The van der Waals surface area contributed by atoms with E-state index in [1.54, 1.807) is 0 Å². The summed E-state index contributed by atoms with van der Waals surface area (Å²) in [7, 11) is 0. The van der Waals surface area contributed by atoms with E-state index in [1.165, 1.54) is 21.9 Å². The summed E-state index contributed by atoms with van der Waals surface area (Å²) < 4.78 is 6.54. The quantitative estimate of drug-likeness (QED) is 0.173. The Hall–Kier alpha value is -6.64. The zero-order valence-corrected chi connectivity index (χ0v) is 27.4. The van der Waals surface area contributed by atoms with Crippen molar-refractivity contribution in [1.29, 1.82) is 0 Å². The lowest BCUT2D eigenvalue weighted by Crippen LogP contribution is -2.10. The first kappa shape index (κ1) is 29.5. The fourth-order valence-corrected chi connectivity index (χ4v) is 7.05. The fourth-order valence-electron chi connectivity index (χ4n) is 7.05. The lowest BCUT2D eigenvalue weighted by Gasteiger charge is -2.27. The molecule has 236 valence electrons. The molecule has 2 nitrogen and oxygen atoms in total. The molecule has 2 heteroatoms. The molecule has 8 aromatic carbocycles. The van der Waals surface area contributed by atoms with Crippen LogP contribution in [0, 0.1) is 0 Å². The van der Waals surface area contributed by atoms with Crippen molar-refractivity contribution in [2.75, 3.05) is 4.90 Å². The van der Waals surface area contributed by atoms with Crippen LogP contribution in [0.25, 0.3) is 66.4 Å². The van der Waals surface area contributed by atoms with Gasteiger partial charge in [0.1, 0.15) is 11.3 Å². The van der Waals surface area contributed by atoms with Gasteiger partial charge in [0.25, 0.3) is 0 Å². The Balaban J connectivity index is 1.12. The van der Waals surface area contributed by atoms with E-state index in [0.29, 0.717) is 0 Å². The Bertz CT molecular complexity index is 2560. The van der Waals surface area contributed by atoms with Gasteiger partial charge in [0.05, 0.1) is 5.69 Å². The van der Waals surface area contributed by atoms with Crippen molar-refractivity contribution in [2.24, 2.45) is 0 Å². The Morgan fingerprint density at radius 1 is 0.340 bits per heavy atom. The summed E-state index contributed by atoms with van der Waals surface area (Å²) in [6.07, 6.45) is 0. The average Bonchev–Trinajstić information content (AvgIpc) is 3.59. The van der Waals surface area contributed by atoms with Gasteiger partial charge in [0.15, 0.2) is 0 Å². The van der Waals surface area contributed by atoms with Crippen molar-refractivity contribution >= 4 is 38.8 Å². The zero-order chi connectivity index (χ0) is 33.3. The molecule has 0 amide bonds. The predicted molar refractivity (Wildman–Crippen MR) is 210 cm³/mol. The van der Waals surface area contributed by atoms with E-state index in [2.05, 4.69) is 193 Å². The van der Waals surface area contributed by atoms with Gasteiger partial charge >= 0.3 is 0 Å². The standard InChI is InChI=1S/C48H33NO/c1-3-13-34(14-4-1)35-25-29-41(30-26-35)49(45-23-12-18-37-15-7-8-21-43(37)45)42-31-27-36(28-32-42)39-19-11-20-40(33-39)48-47(38-16-5-2-6-17-38)44-22-9-10-24-46(44)50-48/h1-33H. The lowest BCUT2D eigenvalue weighted by atomic mass is 9.96. The van der Waals surface area contributed by atoms with Gasteiger partial charge in [-0.1, -0.05) is 158 Å². The van der Waals surface area contributed by atoms with Crippen LogP contribution in [0.4, 0.5) is 17.1 Å². The first-order valence-electron chi connectivity index (χ1n) is 17.0. The summed E-state index contributed by atoms with van der Waals surface area (Å²) in [6, 6.07) is 70.9. The van der Waals surface area contributed by atoms with E-state index in [9.17, 15) is 0 Å². The summed E-state index contributed by atoms with van der Waals surface area (Å²) in [6.45, 7) is 0. The van der Waals surface area contributed by atoms with E-state index < -0.39 is 0 Å². The van der Waals surface area contributed by atoms with Gasteiger partial charge in [0.2, 0.25) is 0 Å². The number of rotatable bonds is 7. The number of hydrogen-bond donors (Lipinski definition) is 0. The van der Waals surface area contributed by atoms with E-state index >= 15 is 0 Å². The second-order valence-electron chi connectivity index (χ2n) is 12.5. The maximum Gasteiger partial charge on any atom is 0.143 e. The maximum atomic E-state index is 6.54. The van der Waals surface area contributed by atoms with Gasteiger partial charge in [-0.15, -0.1) is 0 Å². The second kappa shape index (κ2) is 12.8. The van der Waals surface area contributed by atoms with Crippen LogP contribution in [-0.2, 0) is 0 Å². The van der Waals surface area contributed by atoms with Crippen LogP contribution >= 0.6 is 0 Å². The van der Waals surface area contributed by atoms with Crippen LogP contribution in [0.15, 0.2) is 205 Å². The molecule has 9 aromatic rings. The van der Waals surface area contributed by atoms with Gasteiger partial charge in [-0.05, 0) is 75.7 Å². The molecule has 0 N–H and O–H groups in total. The molecule has 0 aliphatic heterocycles. The normalized spacial score (nSPS) is 11.2. The summed E-state index contributed by atoms with van der Waals surface area (Å²) in [5, 5.41) is 3.54. The van der Waals surface area contributed by atoms with Crippen molar-refractivity contribution in [2.45, 2.75) is 0 Å². The Kier molecular flexibility index (Phi) is 7.53. The average molecular weight is 640 g/mol. The molecule has 1 aromatic heterocycles. The van der Waals surface area contributed by atoms with Crippen molar-refractivity contribution < 1.29 is 4.42 Å². The maximum absolute atomic E-state index is 6.54. The summed E-state index contributed by atoms with van der Waals surface area (Å²) >= 11 is 0. The largest absolute Gasteiger partial charge is 0.455 e. The Morgan fingerprint density at radius 3 is 1.56 bits per heavy atom. The van der Waals surface area contributed by atoms with Gasteiger partial charge in [-0.2, -0.15) is 0 Å². The zero-order valence-electron chi connectivity index (χ0n) is 27.4. The first-order chi connectivity index (χ1) is 24.8. The Morgan fingerprint density at radius 2 is 0.840 bits per heavy atom. The lowest BCUT2D eigenvalue weighted by molar-refractivity contribution is 0.632. The number of benzene rings is 8. The van der Waals surface area contributed by atoms with Crippen molar-refractivity contribution in [1.82, 2.24) is 0 Å². The molecule has 1 heterocycles. The minimum atomic E-state index is 0.886. The van der Waals surface area contributed by atoms with E-state index in [4.69, 9.17) is 4.42 Å². The SMILES string of the molecule is c1ccc(-c2ccc(N(c3ccc(-c4cccc(-c5oc6ccccc6c5-c5ccccc5)c4)cc3)c3cccc4ccccc34)cc2)cc1. The summed E-state index contributed by atoms with van der Waals surface area (Å²) in [4.78, 5) is 2.36. The molecule has 0 atom stereocenters. The third-order valence-electron chi connectivity index (χ3n) is 9.48. The van der Waals surface area contributed by atoms with Gasteiger partial charge in [0, 0.05) is 33.3 Å². The second-order valence-corrected chi connectivity index (χ2v) is 12.5. The number of furan rings is 1. The highest BCUT2D eigenvalue weighted by molar-refractivity contribution is 6.02. The van der Waals surface area contributed by atoms with Crippen LogP contribution in [0.5, 0.6) is 0 Å². The minimum Gasteiger partial charge on any atom is -0.455 e. The summed E-state index contributed by atoms with van der Waals surface area (Å²) in [5.41, 5.74) is 12.2. The molecule has 0 aliphatic rings. The van der Waals surface area contributed by atoms with Crippen LogP contribution in [0.2, 0.25) is 0 Å². The highest BCUT2D eigenvalue weighted by Gasteiger charge is 2.19. The molecule has 9 rings (SSSR count). The monoisotopic (exact) mass is 639 g/mol. The molecule has 0 unspecified atom stereocenters. The molecule has 0 spiro atoms. The topological polar surface area (TPSA) is 16.4 Å². The van der Waals surface area contributed by atoms with Crippen molar-refractivity contribution in [3.8, 4) is 44.7 Å². The van der Waals surface area contributed by atoms with Crippen LogP contribution in [-0.4, -0.2) is 0 Å². The number of anilines is 3. The Labute approximate surface area is 292 Å². The highest BCUT2D eigenvalue weighted by Crippen LogP contribution is 2.43. The van der Waals surface area contributed by atoms with Crippen molar-refractivity contribution in [3.63, 3.8) is 0 Å². The number of nitrogens with zero attached hydrogens (tertiary/aromatic N) is 1. The molecule has 0 aliphatic carbocycles. The minimum absolute atomic E-state index is 0.886. The smallest absolute Gasteiger partial charge is 0.143 e. The third kappa shape index (κ3) is 5.43. The summed E-state index contributed by atoms with van der Waals surface area (Å²) in [5.74, 6) is 0.886. The van der Waals surface area contributed by atoms with Crippen LogP contribution in [0.3, 0.4) is 0 Å². The highest BCUT2D eigenvalue weighted by atomic mass is 16.3. The molecule has 0 saturated carbocycles. The van der Waals surface area contributed by atoms with Crippen molar-refractivity contribution in [3.05, 3.63) is 200 Å². The van der Waals surface area contributed by atoms with E-state index in [-0.39, 0.29) is 0 Å². The fraction of sp³-hybridized carbons (Fsp3) is 0. The predicted octanol–water partition coefficient (Wildman–Crippen LogP) is 13.7.